The highest BCUT2D eigenvalue weighted by atomic mass is 127. The average molecular weight is 605 g/mol. The molecule has 0 saturated heterocycles. The van der Waals surface area contributed by atoms with E-state index in [4.69, 9.17) is 4.52 Å². The zero-order valence-electron chi connectivity index (χ0n) is 20.2. The molecule has 0 bridgehead atoms. The summed E-state index contributed by atoms with van der Waals surface area (Å²) in [6.45, 7) is 1.82. The second kappa shape index (κ2) is 23.7. The van der Waals surface area contributed by atoms with Crippen molar-refractivity contribution in [2.45, 2.75) is 103 Å². The summed E-state index contributed by atoms with van der Waals surface area (Å²) in [4.78, 5) is 21.3. The number of halogens is 1. The number of hydrogen-bond acceptors (Lipinski definition) is 6. The molecule has 0 fully saturated rings. The normalized spacial score (nSPS) is 14.4. The van der Waals surface area contributed by atoms with E-state index in [1.807, 2.05) is 0 Å². The molecule has 0 radical (unpaired) electrons. The first-order chi connectivity index (χ1) is 15.9. The Bertz CT molecular complexity index is 537. The Morgan fingerprint density at radius 3 is 2.12 bits per heavy atom. The number of carbonyl (C=O) groups excluding carboxylic acids is 1. The fraction of sp³-hybridized carbons (Fsp3) is 0.870. The minimum absolute atomic E-state index is 0.0209. The number of carbonyl (C=O) groups is 1. The first-order valence-corrected chi connectivity index (χ1v) is 14.7. The second-order valence-electron chi connectivity index (χ2n) is 8.21. The lowest BCUT2D eigenvalue weighted by molar-refractivity contribution is -0.121. The first kappa shape index (κ1) is 33.0. The number of phosphoric acid groups is 1. The van der Waals surface area contributed by atoms with E-state index in [0.717, 1.165) is 25.7 Å². The van der Waals surface area contributed by atoms with E-state index in [9.17, 15) is 19.4 Å². The predicted octanol–water partition coefficient (Wildman–Crippen LogP) is 6.00. The van der Waals surface area contributed by atoms with E-state index >= 15 is 0 Å². The molecule has 0 spiro atoms. The molecule has 0 aromatic carbocycles. The highest BCUT2D eigenvalue weighted by Crippen LogP contribution is 2.42. The van der Waals surface area contributed by atoms with Gasteiger partial charge in [-0.3, -0.25) is 13.8 Å². The molecule has 0 aliphatic carbocycles. The van der Waals surface area contributed by atoms with Gasteiger partial charge in [0.1, 0.15) is 29.1 Å². The molecule has 2 unspecified atom stereocenters. The molecule has 3 N–H and O–H groups in total. The van der Waals surface area contributed by atoms with E-state index in [1.165, 1.54) is 57.8 Å². The molecule has 0 rings (SSSR count). The minimum Gasteiger partial charge on any atom is -0.388 e. The lowest BCUT2D eigenvalue weighted by atomic mass is 10.1. The fourth-order valence-corrected chi connectivity index (χ4v) is 4.31. The molecule has 0 aromatic rings. The second-order valence-corrected chi connectivity index (χ2v) is 10.3. The van der Waals surface area contributed by atoms with Crippen LogP contribution in [0.2, 0.25) is 0 Å². The van der Waals surface area contributed by atoms with Crippen LogP contribution in [-0.2, 0) is 21.5 Å². The van der Waals surface area contributed by atoms with Crippen LogP contribution in [0.3, 0.4) is 0 Å². The molecule has 0 aliphatic rings. The molecule has 2 atom stereocenters. The number of unbranched alkanes of at least 4 members (excludes halogenated alkanes) is 11. The summed E-state index contributed by atoms with van der Waals surface area (Å²) in [5, 5.41) is 12.0. The molecule has 1 amide bonds. The van der Waals surface area contributed by atoms with Crippen molar-refractivity contribution >= 4 is 36.7 Å². The summed E-state index contributed by atoms with van der Waals surface area (Å²) in [7, 11) is -4.26. The molecular weight excluding hydrogens is 560 g/mol. The van der Waals surface area contributed by atoms with Gasteiger partial charge in [0.15, 0.2) is 0 Å². The Kier molecular flexibility index (Phi) is 23.7. The fourth-order valence-electron chi connectivity index (χ4n) is 3.13. The average Bonchev–Trinajstić information content (AvgIpc) is 2.78. The first-order valence-electron chi connectivity index (χ1n) is 12.4. The van der Waals surface area contributed by atoms with Crippen molar-refractivity contribution < 1.29 is 31.5 Å². The van der Waals surface area contributed by atoms with Crippen LogP contribution in [0.5, 0.6) is 0 Å². The smallest absolute Gasteiger partial charge is 0.388 e. The van der Waals surface area contributed by atoms with Gasteiger partial charge in [-0.15, -0.1) is 0 Å². The monoisotopic (exact) mass is 605 g/mol. The Balaban J connectivity index is 3.47. The van der Waals surface area contributed by atoms with Crippen LogP contribution in [-0.4, -0.2) is 48.4 Å². The molecule has 0 aromatic heterocycles. The van der Waals surface area contributed by atoms with Gasteiger partial charge >= 0.3 is 7.82 Å². The molecular formula is C23H45INO7P. The van der Waals surface area contributed by atoms with Crippen molar-refractivity contribution in [2.75, 3.05) is 26.4 Å². The lowest BCUT2D eigenvalue weighted by Gasteiger charge is -2.14. The van der Waals surface area contributed by atoms with Crippen LogP contribution >= 0.6 is 30.8 Å². The van der Waals surface area contributed by atoms with Crippen molar-refractivity contribution in [1.29, 1.82) is 0 Å². The lowest BCUT2D eigenvalue weighted by Crippen LogP contribution is -2.27. The van der Waals surface area contributed by atoms with E-state index in [1.54, 1.807) is 23.0 Å². The van der Waals surface area contributed by atoms with Crippen LogP contribution in [0.1, 0.15) is 96.8 Å². The largest absolute Gasteiger partial charge is 0.472 e. The van der Waals surface area contributed by atoms with Gasteiger partial charge < -0.3 is 18.4 Å². The number of phosphoric ester groups is 1. The van der Waals surface area contributed by atoms with Crippen LogP contribution in [0.25, 0.3) is 0 Å². The number of rotatable bonds is 24. The van der Waals surface area contributed by atoms with Gasteiger partial charge in [0, 0.05) is 13.0 Å². The molecule has 0 heterocycles. The third kappa shape index (κ3) is 24.9. The van der Waals surface area contributed by atoms with Crippen LogP contribution < -0.4 is 5.32 Å². The van der Waals surface area contributed by atoms with Crippen LogP contribution in [0.4, 0.5) is 0 Å². The summed E-state index contributed by atoms with van der Waals surface area (Å²) < 4.78 is 25.7. The standard InChI is InChI=1S/C23H45INO7P/c1-2-3-4-5-6-7-8-9-10-11-12-13-14-15-16-17-23(27)25-18-19-31-33(28,29)32-21-22(26)20-30-24/h9-10,22,26H,2-8,11-21H2,1H3,(H,25,27)(H,28,29)/b10-9-. The topological polar surface area (TPSA) is 114 Å². The van der Waals surface area contributed by atoms with Crippen molar-refractivity contribution in [3.8, 4) is 0 Å². The molecule has 8 nitrogen and oxygen atoms in total. The summed E-state index contributed by atoms with van der Waals surface area (Å²) in [6, 6.07) is 0. The Morgan fingerprint density at radius 2 is 1.52 bits per heavy atom. The minimum atomic E-state index is -4.26. The van der Waals surface area contributed by atoms with Gasteiger partial charge in [-0.1, -0.05) is 70.4 Å². The van der Waals surface area contributed by atoms with E-state index in [2.05, 4.69) is 32.0 Å². The van der Waals surface area contributed by atoms with Gasteiger partial charge in [0.25, 0.3) is 0 Å². The van der Waals surface area contributed by atoms with Crippen molar-refractivity contribution in [2.24, 2.45) is 0 Å². The van der Waals surface area contributed by atoms with Gasteiger partial charge in [-0.05, 0) is 32.1 Å². The summed E-state index contributed by atoms with van der Waals surface area (Å²) in [6.07, 6.45) is 19.8. The summed E-state index contributed by atoms with van der Waals surface area (Å²) in [5.74, 6) is -0.0977. The Morgan fingerprint density at radius 1 is 0.939 bits per heavy atom. The summed E-state index contributed by atoms with van der Waals surface area (Å²) >= 11 is 1.60. The van der Waals surface area contributed by atoms with Crippen molar-refractivity contribution in [3.05, 3.63) is 12.2 Å². The summed E-state index contributed by atoms with van der Waals surface area (Å²) in [5.41, 5.74) is 0. The van der Waals surface area contributed by atoms with E-state index in [-0.39, 0.29) is 32.3 Å². The molecule has 196 valence electrons. The predicted molar refractivity (Wildman–Crippen MR) is 140 cm³/mol. The van der Waals surface area contributed by atoms with E-state index in [0.29, 0.717) is 6.42 Å². The third-order valence-electron chi connectivity index (χ3n) is 5.03. The quantitative estimate of drug-likeness (QED) is 0.0535. The Labute approximate surface area is 214 Å². The maximum absolute atomic E-state index is 11.8. The van der Waals surface area contributed by atoms with Gasteiger partial charge in [0.05, 0.1) is 19.8 Å². The van der Waals surface area contributed by atoms with Crippen molar-refractivity contribution in [3.63, 3.8) is 0 Å². The zero-order chi connectivity index (χ0) is 24.6. The maximum Gasteiger partial charge on any atom is 0.472 e. The van der Waals surface area contributed by atoms with Crippen LogP contribution in [0, 0.1) is 0 Å². The number of nitrogens with one attached hydrogen (secondary N) is 1. The molecule has 10 heteroatoms. The number of amides is 1. The number of aliphatic hydroxyl groups excluding tert-OH is 1. The van der Waals surface area contributed by atoms with Crippen molar-refractivity contribution in [1.82, 2.24) is 5.32 Å². The Hall–Kier alpha value is -0.0300. The number of allylic oxidation sites excluding steroid dienone is 2. The van der Waals surface area contributed by atoms with E-state index < -0.39 is 13.9 Å². The number of hydrogen-bond donors (Lipinski definition) is 3. The van der Waals surface area contributed by atoms with Crippen LogP contribution in [0.15, 0.2) is 12.2 Å². The molecule has 33 heavy (non-hydrogen) atoms. The number of aliphatic hydroxyl groups is 1. The third-order valence-corrected chi connectivity index (χ3v) is 6.37. The van der Waals surface area contributed by atoms with Gasteiger partial charge in [0.2, 0.25) is 5.91 Å². The zero-order valence-corrected chi connectivity index (χ0v) is 23.3. The maximum atomic E-state index is 11.8. The highest BCUT2D eigenvalue weighted by molar-refractivity contribution is 14.1. The highest BCUT2D eigenvalue weighted by Gasteiger charge is 2.22. The van der Waals surface area contributed by atoms with Gasteiger partial charge in [-0.2, -0.15) is 0 Å². The molecule has 0 aliphatic heterocycles. The molecule has 0 saturated carbocycles. The SMILES string of the molecule is CCCCCCCC/C=C\CCCCCCCC(=O)NCCOP(=O)(O)OCC(O)COI. The van der Waals surface area contributed by atoms with Gasteiger partial charge in [-0.25, -0.2) is 4.57 Å².